The number of ether oxygens (including phenoxy) is 2. The Bertz CT molecular complexity index is 1000. The van der Waals surface area contributed by atoms with Gasteiger partial charge in [0.1, 0.15) is 5.65 Å². The molecular weight excluding hydrogens is 424 g/mol. The Morgan fingerprint density at radius 3 is 2.70 bits per heavy atom. The summed E-state index contributed by atoms with van der Waals surface area (Å²) in [6.45, 7) is 10.2. The Labute approximate surface area is 194 Å². The summed E-state index contributed by atoms with van der Waals surface area (Å²) in [6, 6.07) is 1.58. The van der Waals surface area contributed by atoms with Crippen molar-refractivity contribution in [3.05, 3.63) is 18.0 Å². The molecule has 0 unspecified atom stereocenters. The molecule has 0 spiro atoms. The lowest BCUT2D eigenvalue weighted by Gasteiger charge is -2.27. The van der Waals surface area contributed by atoms with Gasteiger partial charge in [0.05, 0.1) is 49.0 Å². The van der Waals surface area contributed by atoms with Gasteiger partial charge in [-0.25, -0.2) is 9.78 Å². The molecule has 0 aliphatic carbocycles. The number of aromatic nitrogens is 2. The Kier molecular flexibility index (Phi) is 7.64. The van der Waals surface area contributed by atoms with Gasteiger partial charge in [0.25, 0.3) is 0 Å². The summed E-state index contributed by atoms with van der Waals surface area (Å²) in [5.74, 6) is -0.955. The van der Waals surface area contributed by atoms with Crippen molar-refractivity contribution in [2.75, 3.05) is 24.4 Å². The number of methoxy groups -OCH3 is 1. The molecule has 0 saturated carbocycles. The van der Waals surface area contributed by atoms with E-state index in [0.29, 0.717) is 42.0 Å². The van der Waals surface area contributed by atoms with Crippen LogP contribution in [0.3, 0.4) is 0 Å². The van der Waals surface area contributed by atoms with Crippen molar-refractivity contribution in [3.63, 3.8) is 0 Å². The normalized spacial score (nSPS) is 18.2. The molecule has 182 valence electrons. The highest BCUT2D eigenvalue weighted by molar-refractivity contribution is 6.11. The smallest absolute Gasteiger partial charge is 0.356 e. The van der Waals surface area contributed by atoms with Gasteiger partial charge in [-0.2, -0.15) is 0 Å². The second-order valence-electron chi connectivity index (χ2n) is 9.37. The Morgan fingerprint density at radius 2 is 2.12 bits per heavy atom. The van der Waals surface area contributed by atoms with Crippen molar-refractivity contribution in [2.24, 2.45) is 5.92 Å². The molecule has 1 fully saturated rings. The Morgan fingerprint density at radius 1 is 1.39 bits per heavy atom. The molecule has 0 radical (unpaired) electrons. The third-order valence-electron chi connectivity index (χ3n) is 6.44. The van der Waals surface area contributed by atoms with Crippen molar-refractivity contribution in [1.82, 2.24) is 9.55 Å². The van der Waals surface area contributed by atoms with E-state index in [9.17, 15) is 14.7 Å². The zero-order chi connectivity index (χ0) is 24.3. The maximum atomic E-state index is 12.9. The van der Waals surface area contributed by atoms with Crippen LogP contribution in [0.25, 0.3) is 11.0 Å². The summed E-state index contributed by atoms with van der Waals surface area (Å²) < 4.78 is 12.7. The topological polar surface area (TPSA) is 115 Å². The first-order valence-electron chi connectivity index (χ1n) is 11.6. The molecule has 0 bridgehead atoms. The van der Waals surface area contributed by atoms with Crippen molar-refractivity contribution < 1.29 is 24.2 Å². The average molecular weight is 461 g/mol. The van der Waals surface area contributed by atoms with Gasteiger partial charge in [-0.05, 0) is 46.1 Å². The van der Waals surface area contributed by atoms with E-state index in [0.717, 1.165) is 12.8 Å². The van der Waals surface area contributed by atoms with E-state index in [1.807, 2.05) is 26.8 Å². The molecular formula is C24H36N4O5. The number of fused-ring (bicyclic) bond motifs is 1. The van der Waals surface area contributed by atoms with Crippen molar-refractivity contribution in [2.45, 2.75) is 78.2 Å². The van der Waals surface area contributed by atoms with Crippen LogP contribution >= 0.6 is 0 Å². The van der Waals surface area contributed by atoms with Crippen LogP contribution in [0.1, 0.15) is 64.4 Å². The largest absolute Gasteiger partial charge is 0.464 e. The standard InChI is InChI=1S/C24H36N4O5/c1-7-14(2)22(29)27-19-18-11-16(26-15(3)24(4,5)31)12-25-21(18)28(20(19)23(30)32-6)13-17-9-8-10-33-17/h11-12,14-15,17,26,31H,7-10,13H2,1-6H3,(H,27,29)/t14-,15+,17+/m1/s1. The fourth-order valence-corrected chi connectivity index (χ4v) is 3.77. The molecule has 1 aliphatic rings. The zero-order valence-corrected chi connectivity index (χ0v) is 20.4. The van der Waals surface area contributed by atoms with Gasteiger partial charge in [-0.3, -0.25) is 4.79 Å². The third kappa shape index (κ3) is 5.47. The van der Waals surface area contributed by atoms with Crippen LogP contribution in [-0.4, -0.2) is 58.0 Å². The first-order chi connectivity index (χ1) is 15.6. The van der Waals surface area contributed by atoms with Gasteiger partial charge in [0.15, 0.2) is 5.69 Å². The number of aliphatic hydroxyl groups is 1. The molecule has 3 heterocycles. The summed E-state index contributed by atoms with van der Waals surface area (Å²) in [5.41, 5.74) is 0.909. The van der Waals surface area contributed by atoms with E-state index in [4.69, 9.17) is 9.47 Å². The van der Waals surface area contributed by atoms with Crippen LogP contribution in [-0.2, 0) is 20.8 Å². The third-order valence-corrected chi connectivity index (χ3v) is 6.44. The van der Waals surface area contributed by atoms with Gasteiger partial charge in [0, 0.05) is 17.9 Å². The summed E-state index contributed by atoms with van der Waals surface area (Å²) in [4.78, 5) is 30.4. The summed E-state index contributed by atoms with van der Waals surface area (Å²) in [5, 5.41) is 17.2. The molecule has 1 amide bonds. The number of amides is 1. The van der Waals surface area contributed by atoms with Gasteiger partial charge in [-0.15, -0.1) is 0 Å². The number of nitrogens with zero attached hydrogens (tertiary/aromatic N) is 2. The predicted molar refractivity (Wildman–Crippen MR) is 128 cm³/mol. The lowest BCUT2D eigenvalue weighted by atomic mass is 10.0. The van der Waals surface area contributed by atoms with Crippen molar-refractivity contribution >= 4 is 34.3 Å². The summed E-state index contributed by atoms with van der Waals surface area (Å²) in [7, 11) is 1.32. The monoisotopic (exact) mass is 460 g/mol. The number of rotatable bonds is 9. The molecule has 0 aromatic carbocycles. The SMILES string of the molecule is CC[C@@H](C)C(=O)Nc1c(C(=O)OC)n(C[C@@H]2CCCO2)c2ncc(N[C@@H](C)C(C)(C)O)cc12. The highest BCUT2D eigenvalue weighted by atomic mass is 16.5. The lowest BCUT2D eigenvalue weighted by Crippen LogP contribution is -2.39. The number of hydrogen-bond acceptors (Lipinski definition) is 7. The van der Waals surface area contributed by atoms with E-state index in [1.165, 1.54) is 7.11 Å². The number of carbonyl (C=O) groups is 2. The Balaban J connectivity index is 2.15. The fraction of sp³-hybridized carbons (Fsp3) is 0.625. The minimum atomic E-state index is -0.953. The first kappa shape index (κ1) is 25.0. The fourth-order valence-electron chi connectivity index (χ4n) is 3.77. The number of carbonyl (C=O) groups excluding carboxylic acids is 2. The van der Waals surface area contributed by atoms with Crippen molar-refractivity contribution in [3.8, 4) is 0 Å². The van der Waals surface area contributed by atoms with Crippen LogP contribution in [0.4, 0.5) is 11.4 Å². The van der Waals surface area contributed by atoms with Crippen LogP contribution in [0, 0.1) is 5.92 Å². The quantitative estimate of drug-likeness (QED) is 0.490. The highest BCUT2D eigenvalue weighted by Gasteiger charge is 2.30. The van der Waals surface area contributed by atoms with E-state index >= 15 is 0 Å². The number of anilines is 2. The van der Waals surface area contributed by atoms with Crippen LogP contribution in [0.15, 0.2) is 12.3 Å². The predicted octanol–water partition coefficient (Wildman–Crippen LogP) is 3.56. The molecule has 2 aromatic rings. The van der Waals surface area contributed by atoms with E-state index < -0.39 is 11.6 Å². The summed E-state index contributed by atoms with van der Waals surface area (Å²) >= 11 is 0. The Hall–Kier alpha value is -2.65. The maximum absolute atomic E-state index is 12.9. The number of nitrogens with one attached hydrogen (secondary N) is 2. The van der Waals surface area contributed by atoms with E-state index in [2.05, 4.69) is 15.6 Å². The molecule has 1 saturated heterocycles. The van der Waals surface area contributed by atoms with Gasteiger partial charge in [-0.1, -0.05) is 13.8 Å². The molecule has 2 aromatic heterocycles. The van der Waals surface area contributed by atoms with Crippen LogP contribution < -0.4 is 10.6 Å². The van der Waals surface area contributed by atoms with Crippen molar-refractivity contribution in [1.29, 1.82) is 0 Å². The lowest BCUT2D eigenvalue weighted by molar-refractivity contribution is -0.119. The molecule has 9 nitrogen and oxygen atoms in total. The number of hydrogen-bond donors (Lipinski definition) is 3. The van der Waals surface area contributed by atoms with Gasteiger partial charge in [0.2, 0.25) is 5.91 Å². The number of esters is 1. The van der Waals surface area contributed by atoms with E-state index in [-0.39, 0.29) is 29.7 Å². The maximum Gasteiger partial charge on any atom is 0.356 e. The second-order valence-corrected chi connectivity index (χ2v) is 9.37. The molecule has 3 rings (SSSR count). The molecule has 3 N–H and O–H groups in total. The summed E-state index contributed by atoms with van der Waals surface area (Å²) in [6.07, 6.45) is 4.14. The highest BCUT2D eigenvalue weighted by Crippen LogP contribution is 2.34. The second kappa shape index (κ2) is 10.1. The molecule has 3 atom stereocenters. The molecule has 9 heteroatoms. The molecule has 1 aliphatic heterocycles. The van der Waals surface area contributed by atoms with Crippen LogP contribution in [0.2, 0.25) is 0 Å². The van der Waals surface area contributed by atoms with Gasteiger partial charge >= 0.3 is 5.97 Å². The minimum Gasteiger partial charge on any atom is -0.464 e. The zero-order valence-electron chi connectivity index (χ0n) is 20.4. The first-order valence-corrected chi connectivity index (χ1v) is 11.6. The average Bonchev–Trinajstić information content (AvgIpc) is 3.38. The van der Waals surface area contributed by atoms with Gasteiger partial charge < -0.3 is 29.8 Å². The minimum absolute atomic E-state index is 0.0445. The number of pyridine rings is 1. The van der Waals surface area contributed by atoms with Crippen LogP contribution in [0.5, 0.6) is 0 Å². The molecule has 33 heavy (non-hydrogen) atoms. The van der Waals surface area contributed by atoms with E-state index in [1.54, 1.807) is 24.6 Å².